The summed E-state index contributed by atoms with van der Waals surface area (Å²) < 4.78 is 222. The number of rotatable bonds is 21. The van der Waals surface area contributed by atoms with Crippen LogP contribution >= 0.6 is 45.4 Å². The number of carboxylic acids is 1. The molecular formula is C63H67Cl4F9N4O18S4. The van der Waals surface area contributed by atoms with E-state index < -0.39 is 106 Å². The van der Waals surface area contributed by atoms with E-state index in [1.165, 1.54) is 115 Å². The monoisotopic (exact) mass is 1610 g/mol. The molecule has 3 aliphatic heterocycles. The quantitative estimate of drug-likeness (QED) is 0.0261. The number of hydrogen-bond donors (Lipinski definition) is 3. The molecule has 22 nitrogen and oxygen atoms in total. The van der Waals surface area contributed by atoms with Crippen LogP contribution in [0.4, 0.5) is 39.5 Å². The van der Waals surface area contributed by atoms with Crippen molar-refractivity contribution in [2.24, 2.45) is 0 Å². The Hall–Kier alpha value is -6.90. The van der Waals surface area contributed by atoms with Gasteiger partial charge in [0, 0.05) is 60.6 Å². The third kappa shape index (κ3) is 22.6. The summed E-state index contributed by atoms with van der Waals surface area (Å²) in [5, 5.41) is 18.1. The fourth-order valence-corrected chi connectivity index (χ4v) is 17.1. The van der Waals surface area contributed by atoms with Crippen LogP contribution in [0.2, 0.25) is 0 Å². The molecule has 3 N–H and O–H groups in total. The SMILES string of the molecule is CCN1CCC(C(=O)Cl)(S(=O)(=O)c2ccc(Oc3ccc(OC(F)(F)F)cc3)cc2)CC1.CCN1CCC(C(=O)NO)(S(=O)(=O)c2ccc(Oc3ccc(OC(F)(F)F)cc3)cc2)CC1.CCN1CCC(C(=O)O)(S(=O)(=O)c2ccc(Oc3ccc(OC(F)(F)F)cc3)cc2)CC1.Cl.O=S(Cl)Cl. The Labute approximate surface area is 603 Å². The fourth-order valence-electron chi connectivity index (χ4n) is 10.9. The number of halogens is 13. The maximum absolute atomic E-state index is 13.4. The van der Waals surface area contributed by atoms with Crippen LogP contribution in [0.15, 0.2) is 160 Å². The van der Waals surface area contributed by atoms with Gasteiger partial charge in [-0.1, -0.05) is 20.8 Å². The zero-order valence-electron chi connectivity index (χ0n) is 53.8. The Morgan fingerprint density at radius 1 is 0.431 bits per heavy atom. The molecule has 0 aliphatic carbocycles. The van der Waals surface area contributed by atoms with Gasteiger partial charge in [-0.2, -0.15) is 0 Å². The molecule has 0 saturated carbocycles. The van der Waals surface area contributed by atoms with Crippen molar-refractivity contribution in [1.29, 1.82) is 0 Å². The van der Waals surface area contributed by atoms with Crippen LogP contribution in [0.3, 0.4) is 0 Å². The Morgan fingerprint density at radius 2 is 0.627 bits per heavy atom. The number of likely N-dealkylation sites (tertiary alicyclic amines) is 3. The topological polar surface area (TPSA) is 288 Å². The van der Waals surface area contributed by atoms with Gasteiger partial charge < -0.3 is 48.2 Å². The van der Waals surface area contributed by atoms with Crippen molar-refractivity contribution >= 4 is 101 Å². The van der Waals surface area contributed by atoms with Gasteiger partial charge in [0.15, 0.2) is 43.8 Å². The highest BCUT2D eigenvalue weighted by Gasteiger charge is 2.55. The minimum absolute atomic E-state index is 0. The van der Waals surface area contributed by atoms with Gasteiger partial charge in [0.05, 0.1) is 14.7 Å². The molecule has 3 aliphatic rings. The number of nitrogens with zero attached hydrogens (tertiary/aromatic N) is 3. The number of ether oxygens (including phenoxy) is 6. The van der Waals surface area contributed by atoms with E-state index in [0.717, 1.165) is 42.9 Å². The summed E-state index contributed by atoms with van der Waals surface area (Å²) in [6.45, 7) is 10.4. The van der Waals surface area contributed by atoms with Crippen LogP contribution in [-0.4, -0.2) is 164 Å². The molecule has 0 radical (unpaired) electrons. The molecule has 3 heterocycles. The molecule has 6 aromatic carbocycles. The van der Waals surface area contributed by atoms with Crippen LogP contribution in [0, 0.1) is 0 Å². The van der Waals surface area contributed by atoms with Crippen molar-refractivity contribution in [3.05, 3.63) is 146 Å². The number of alkyl halides is 9. The summed E-state index contributed by atoms with van der Waals surface area (Å²) in [5.41, 5.74) is 1.50. The van der Waals surface area contributed by atoms with Crippen molar-refractivity contribution in [1.82, 2.24) is 20.2 Å². The van der Waals surface area contributed by atoms with Crippen molar-refractivity contribution < 1.29 is 122 Å². The van der Waals surface area contributed by atoms with Gasteiger partial charge >= 0.3 is 25.1 Å². The van der Waals surface area contributed by atoms with E-state index in [-0.39, 0.29) is 100 Å². The van der Waals surface area contributed by atoms with E-state index in [4.69, 9.17) is 30.0 Å². The number of aliphatic carboxylic acids is 1. The molecule has 102 heavy (non-hydrogen) atoms. The second-order valence-electron chi connectivity index (χ2n) is 22.3. The van der Waals surface area contributed by atoms with Crippen molar-refractivity contribution in [2.45, 2.75) is 107 Å². The van der Waals surface area contributed by atoms with Crippen molar-refractivity contribution in [3.8, 4) is 51.7 Å². The zero-order chi connectivity index (χ0) is 75.0. The fraction of sp³-hybridized carbons (Fsp3) is 0.381. The Balaban J connectivity index is 0.000000267. The Bertz CT molecular complexity index is 3940. The molecule has 0 atom stereocenters. The van der Waals surface area contributed by atoms with Gasteiger partial charge in [-0.25, -0.2) is 34.9 Å². The second-order valence-corrected chi connectivity index (χ2v) is 31.9. The van der Waals surface area contributed by atoms with Gasteiger partial charge in [-0.05, 0) is 215 Å². The van der Waals surface area contributed by atoms with Gasteiger partial charge in [-0.15, -0.1) is 51.9 Å². The molecule has 562 valence electrons. The molecule has 0 unspecified atom stereocenters. The van der Waals surface area contributed by atoms with Crippen LogP contribution < -0.4 is 33.9 Å². The van der Waals surface area contributed by atoms with Crippen LogP contribution in [-0.2, 0) is 53.1 Å². The largest absolute Gasteiger partial charge is 0.573 e. The molecule has 0 bridgehead atoms. The lowest BCUT2D eigenvalue weighted by molar-refractivity contribution is -0.275. The highest BCUT2D eigenvalue weighted by atomic mass is 36.0. The Morgan fingerprint density at radius 3 is 0.833 bits per heavy atom. The Kier molecular flexibility index (Phi) is 30.4. The predicted octanol–water partition coefficient (Wildman–Crippen LogP) is 13.8. The summed E-state index contributed by atoms with van der Waals surface area (Å²) in [6.07, 6.45) is -14.2. The highest BCUT2D eigenvalue weighted by molar-refractivity contribution is 8.26. The van der Waals surface area contributed by atoms with E-state index >= 15 is 0 Å². The molecular weight excluding hydrogens is 1540 g/mol. The van der Waals surface area contributed by atoms with E-state index in [0.29, 0.717) is 52.4 Å². The number of nitrogens with one attached hydrogen (secondary N) is 1. The molecule has 9 rings (SSSR count). The summed E-state index contributed by atoms with van der Waals surface area (Å²) in [5.74, 6) is -2.15. The van der Waals surface area contributed by atoms with Crippen LogP contribution in [0.5, 0.6) is 51.7 Å². The number of benzene rings is 6. The van der Waals surface area contributed by atoms with E-state index in [1.807, 2.05) is 30.6 Å². The third-order valence-electron chi connectivity index (χ3n) is 16.4. The smallest absolute Gasteiger partial charge is 0.480 e. The molecule has 0 spiro atoms. The molecule has 0 aromatic heterocycles. The first kappa shape index (κ1) is 85.7. The minimum Gasteiger partial charge on any atom is -0.480 e. The molecule has 39 heteroatoms. The van der Waals surface area contributed by atoms with Crippen molar-refractivity contribution in [2.75, 3.05) is 58.9 Å². The van der Waals surface area contributed by atoms with E-state index in [2.05, 4.69) is 40.5 Å². The first-order valence-corrected chi connectivity index (χ1v) is 37.7. The van der Waals surface area contributed by atoms with Gasteiger partial charge in [-0.3, -0.25) is 19.6 Å². The van der Waals surface area contributed by atoms with E-state index in [9.17, 15) is 89.5 Å². The lowest BCUT2D eigenvalue weighted by Gasteiger charge is -2.39. The maximum Gasteiger partial charge on any atom is 0.573 e. The highest BCUT2D eigenvalue weighted by Crippen LogP contribution is 2.42. The number of amides is 1. The first-order chi connectivity index (χ1) is 47.2. The summed E-state index contributed by atoms with van der Waals surface area (Å²) in [6, 6.07) is 30.2. The van der Waals surface area contributed by atoms with Gasteiger partial charge in [0.1, 0.15) is 51.7 Å². The second kappa shape index (κ2) is 36.2. The summed E-state index contributed by atoms with van der Waals surface area (Å²) >= 11 is 5.79. The number of carbonyl (C=O) groups is 3. The van der Waals surface area contributed by atoms with E-state index in [1.54, 1.807) is 0 Å². The lowest BCUT2D eigenvalue weighted by Crippen LogP contribution is -2.57. The summed E-state index contributed by atoms with van der Waals surface area (Å²) in [7, 11) is -5.02. The first-order valence-electron chi connectivity index (χ1n) is 30.1. The number of hydrogen-bond acceptors (Lipinski definition) is 20. The normalized spacial score (nSPS) is 16.4. The lowest BCUT2D eigenvalue weighted by atomic mass is 9.95. The number of sulfone groups is 3. The van der Waals surface area contributed by atoms with Crippen molar-refractivity contribution in [3.63, 3.8) is 0 Å². The van der Waals surface area contributed by atoms with Gasteiger partial charge in [0.25, 0.3) is 5.91 Å². The average Bonchev–Trinajstić information content (AvgIpc) is 0.759. The predicted molar refractivity (Wildman–Crippen MR) is 358 cm³/mol. The number of carbonyl (C=O) groups excluding carboxylic acids is 2. The maximum atomic E-state index is 13.4. The number of piperidine rings is 3. The van der Waals surface area contributed by atoms with Crippen LogP contribution in [0.25, 0.3) is 0 Å². The molecule has 6 aromatic rings. The summed E-state index contributed by atoms with van der Waals surface area (Å²) in [4.78, 5) is 42.5. The van der Waals surface area contributed by atoms with Crippen LogP contribution in [0.1, 0.15) is 59.3 Å². The number of hydroxylamine groups is 1. The van der Waals surface area contributed by atoms with Gasteiger partial charge in [0.2, 0.25) is 14.5 Å². The minimum atomic E-state index is -4.80. The molecule has 3 fully saturated rings. The zero-order valence-corrected chi connectivity index (χ0v) is 60.2. The average molecular weight is 1610 g/mol. The standard InChI is InChI=1S/C21H21ClF3NO5S.C21H23F3N2O6S.C21H22F3NO6S.Cl2OS.ClH/c1-2-26-13-11-20(12-14-26,19(22)27)32(28,29)18-9-7-16(8-10-18)30-15-3-5-17(6-4-15)31-21(23,24)25;1-2-26-13-11-20(12-14-26,19(27)25-28)33(29,30)18-9-7-16(8-10-18)31-15-3-5-17(6-4-15)32-21(22,23)24;1-2-25-13-11-20(12-14-25,19(26)27)32(28,29)18-9-7-16(8-10-18)30-15-3-5-17(6-4-15)31-21(22,23)24;1-4(2)3;/h3-10H,2,11-14H2,1H3;3-10,28H,2,11-14H2,1H3,(H,25,27);3-10H,2,11-14H2,1H3,(H,26,27);;1H. The third-order valence-corrected chi connectivity index (χ3v) is 24.4. The number of carboxylic acid groups (broad SMARTS) is 1. The molecule has 1 amide bonds. The molecule has 3 saturated heterocycles.